The molecule has 3 rings (SSSR count). The van der Waals surface area contributed by atoms with Gasteiger partial charge in [-0.25, -0.2) is 0 Å². The maximum Gasteiger partial charge on any atom is 0.312 e. The lowest BCUT2D eigenvalue weighted by Gasteiger charge is -2.61. The first-order chi connectivity index (χ1) is 12.0. The van der Waals surface area contributed by atoms with E-state index in [9.17, 15) is 4.79 Å². The molecule has 0 saturated heterocycles. The van der Waals surface area contributed by atoms with E-state index >= 15 is 0 Å². The van der Waals surface area contributed by atoms with Crippen LogP contribution in [0.25, 0.3) is 0 Å². The molecule has 0 aromatic heterocycles. The van der Waals surface area contributed by atoms with Crippen LogP contribution < -0.4 is 0 Å². The molecule has 0 aromatic carbocycles. The molecule has 0 spiro atoms. The van der Waals surface area contributed by atoms with Gasteiger partial charge in [-0.3, -0.25) is 4.79 Å². The number of carbonyl (C=O) groups is 1. The number of ether oxygens (including phenoxy) is 1. The quantitative estimate of drug-likeness (QED) is 0.516. The van der Waals surface area contributed by atoms with E-state index in [0.29, 0.717) is 11.3 Å². The van der Waals surface area contributed by atoms with Crippen molar-refractivity contribution in [3.8, 4) is 0 Å². The Morgan fingerprint density at radius 3 is 2.35 bits per heavy atom. The Labute approximate surface area is 161 Å². The molecule has 3 aliphatic rings. The summed E-state index contributed by atoms with van der Waals surface area (Å²) in [6.07, 6.45) is 10.2. The van der Waals surface area contributed by atoms with Gasteiger partial charge in [-0.1, -0.05) is 27.2 Å². The van der Waals surface area contributed by atoms with Gasteiger partial charge in [0.2, 0.25) is 0 Å². The van der Waals surface area contributed by atoms with Crippen molar-refractivity contribution in [2.75, 3.05) is 0 Å². The highest BCUT2D eigenvalue weighted by Gasteiger charge is 2.60. The van der Waals surface area contributed by atoms with Crippen LogP contribution >= 0.6 is 0 Å². The van der Waals surface area contributed by atoms with Gasteiger partial charge in [-0.2, -0.15) is 0 Å². The Bertz CT molecular complexity index is 531. The van der Waals surface area contributed by atoms with Gasteiger partial charge in [0.05, 0.1) is 5.41 Å². The standard InChI is InChI=1S/C24H42O2/c1-16(2)17-9-11-19-18(15-17)10-12-20-23(19,6)13-8-14-24(20,7)21(25)26-22(3,4)5/h16-20H,8-15H2,1-7H3/t17?,18?,19-,20?,23-,24+/m1/s1. The molecule has 0 radical (unpaired) electrons. The molecule has 0 aliphatic heterocycles. The molecule has 150 valence electrons. The van der Waals surface area contributed by atoms with Crippen LogP contribution in [-0.4, -0.2) is 11.6 Å². The van der Waals surface area contributed by atoms with E-state index in [0.717, 1.165) is 30.1 Å². The van der Waals surface area contributed by atoms with Crippen molar-refractivity contribution in [3.05, 3.63) is 0 Å². The Balaban J connectivity index is 1.83. The van der Waals surface area contributed by atoms with Gasteiger partial charge < -0.3 is 4.74 Å². The third-order valence-corrected chi connectivity index (χ3v) is 8.48. The highest BCUT2D eigenvalue weighted by Crippen LogP contribution is 2.64. The van der Waals surface area contributed by atoms with Gasteiger partial charge in [0.15, 0.2) is 0 Å². The number of rotatable bonds is 2. The predicted octanol–water partition coefficient (Wildman–Crippen LogP) is 6.62. The monoisotopic (exact) mass is 362 g/mol. The van der Waals surface area contributed by atoms with Gasteiger partial charge in [-0.05, 0) is 108 Å². The van der Waals surface area contributed by atoms with Crippen LogP contribution in [0.5, 0.6) is 0 Å². The SMILES string of the molecule is CC(C)C1CC[C@@H]2C(CCC3[C@]2(C)CCC[C@]3(C)C(=O)OC(C)(C)C)C1. The second-order valence-electron chi connectivity index (χ2n) is 11.6. The summed E-state index contributed by atoms with van der Waals surface area (Å²) in [5.74, 6) is 4.00. The normalized spacial score (nSPS) is 43.5. The summed E-state index contributed by atoms with van der Waals surface area (Å²) < 4.78 is 5.92. The lowest BCUT2D eigenvalue weighted by Crippen LogP contribution is -2.56. The summed E-state index contributed by atoms with van der Waals surface area (Å²) in [6.45, 7) is 15.6. The van der Waals surface area contributed by atoms with Gasteiger partial charge in [0.1, 0.15) is 5.60 Å². The highest BCUT2D eigenvalue weighted by atomic mass is 16.6. The Kier molecular flexibility index (Phi) is 5.30. The predicted molar refractivity (Wildman–Crippen MR) is 108 cm³/mol. The number of hydrogen-bond acceptors (Lipinski definition) is 2. The molecule has 0 bridgehead atoms. The third-order valence-electron chi connectivity index (χ3n) is 8.48. The van der Waals surface area contributed by atoms with E-state index in [1.807, 2.05) is 20.8 Å². The molecule has 26 heavy (non-hydrogen) atoms. The van der Waals surface area contributed by atoms with E-state index in [1.54, 1.807) is 0 Å². The summed E-state index contributed by atoms with van der Waals surface area (Å²) in [4.78, 5) is 13.2. The number of fused-ring (bicyclic) bond motifs is 3. The van der Waals surface area contributed by atoms with Crippen LogP contribution in [0.3, 0.4) is 0 Å². The third kappa shape index (κ3) is 3.47. The summed E-state index contributed by atoms with van der Waals surface area (Å²) in [6, 6.07) is 0. The molecule has 3 aliphatic carbocycles. The van der Waals surface area contributed by atoms with Crippen molar-refractivity contribution in [2.45, 2.75) is 105 Å². The molecule has 3 saturated carbocycles. The minimum Gasteiger partial charge on any atom is -0.460 e. The van der Waals surface area contributed by atoms with Crippen molar-refractivity contribution in [3.63, 3.8) is 0 Å². The molecular formula is C24H42O2. The lowest BCUT2D eigenvalue weighted by molar-refractivity contribution is -0.189. The molecular weight excluding hydrogens is 320 g/mol. The van der Waals surface area contributed by atoms with Crippen LogP contribution in [0.4, 0.5) is 0 Å². The fourth-order valence-electron chi connectivity index (χ4n) is 7.12. The Morgan fingerprint density at radius 2 is 1.73 bits per heavy atom. The van der Waals surface area contributed by atoms with Crippen LogP contribution in [0.1, 0.15) is 99.8 Å². The van der Waals surface area contributed by atoms with Crippen molar-refractivity contribution in [2.24, 2.45) is 40.4 Å². The van der Waals surface area contributed by atoms with Crippen LogP contribution in [0, 0.1) is 40.4 Å². The maximum atomic E-state index is 13.2. The molecule has 0 amide bonds. The molecule has 0 heterocycles. The van der Waals surface area contributed by atoms with Gasteiger partial charge >= 0.3 is 5.97 Å². The Hall–Kier alpha value is -0.530. The summed E-state index contributed by atoms with van der Waals surface area (Å²) >= 11 is 0. The molecule has 2 heteroatoms. The van der Waals surface area contributed by atoms with Gasteiger partial charge in [-0.15, -0.1) is 0 Å². The number of esters is 1. The fourth-order valence-corrected chi connectivity index (χ4v) is 7.12. The number of hydrogen-bond donors (Lipinski definition) is 0. The molecule has 3 unspecified atom stereocenters. The van der Waals surface area contributed by atoms with Crippen LogP contribution in [0.2, 0.25) is 0 Å². The van der Waals surface area contributed by atoms with Crippen molar-refractivity contribution >= 4 is 5.97 Å². The topological polar surface area (TPSA) is 26.3 Å². The first kappa shape index (κ1) is 20.2. The van der Waals surface area contributed by atoms with Gasteiger partial charge in [0.25, 0.3) is 0 Å². The fraction of sp³-hybridized carbons (Fsp3) is 0.958. The van der Waals surface area contributed by atoms with E-state index < -0.39 is 0 Å². The van der Waals surface area contributed by atoms with E-state index in [2.05, 4.69) is 27.7 Å². The molecule has 2 nitrogen and oxygen atoms in total. The molecule has 3 fully saturated rings. The largest absolute Gasteiger partial charge is 0.460 e. The smallest absolute Gasteiger partial charge is 0.312 e. The molecule has 0 aromatic rings. The average Bonchev–Trinajstić information content (AvgIpc) is 2.52. The van der Waals surface area contributed by atoms with Crippen molar-refractivity contribution in [1.82, 2.24) is 0 Å². The van der Waals surface area contributed by atoms with E-state index in [4.69, 9.17) is 4.74 Å². The lowest BCUT2D eigenvalue weighted by atomic mass is 9.43. The first-order valence-corrected chi connectivity index (χ1v) is 11.2. The summed E-state index contributed by atoms with van der Waals surface area (Å²) in [5, 5.41) is 0. The second kappa shape index (κ2) is 6.82. The van der Waals surface area contributed by atoms with E-state index in [1.165, 1.54) is 44.9 Å². The molecule has 0 N–H and O–H groups in total. The average molecular weight is 363 g/mol. The van der Waals surface area contributed by atoms with Crippen LogP contribution in [-0.2, 0) is 9.53 Å². The first-order valence-electron chi connectivity index (χ1n) is 11.2. The highest BCUT2D eigenvalue weighted by molar-refractivity contribution is 5.77. The number of carbonyl (C=O) groups excluding carboxylic acids is 1. The zero-order chi connectivity index (χ0) is 19.3. The minimum atomic E-state index is -0.388. The maximum absolute atomic E-state index is 13.2. The molecule has 6 atom stereocenters. The Morgan fingerprint density at radius 1 is 1.04 bits per heavy atom. The minimum absolute atomic E-state index is 0.0650. The summed E-state index contributed by atoms with van der Waals surface area (Å²) in [7, 11) is 0. The van der Waals surface area contributed by atoms with Crippen LogP contribution in [0.15, 0.2) is 0 Å². The van der Waals surface area contributed by atoms with Crippen molar-refractivity contribution in [1.29, 1.82) is 0 Å². The zero-order valence-corrected chi connectivity index (χ0v) is 18.4. The van der Waals surface area contributed by atoms with Gasteiger partial charge in [0, 0.05) is 0 Å². The van der Waals surface area contributed by atoms with E-state index in [-0.39, 0.29) is 17.0 Å². The summed E-state index contributed by atoms with van der Waals surface area (Å²) in [5.41, 5.74) is -0.352. The second-order valence-corrected chi connectivity index (χ2v) is 11.6. The van der Waals surface area contributed by atoms with Crippen molar-refractivity contribution < 1.29 is 9.53 Å². The zero-order valence-electron chi connectivity index (χ0n) is 18.4.